The first-order chi connectivity index (χ1) is 19.5. The van der Waals surface area contributed by atoms with Crippen molar-refractivity contribution in [1.29, 1.82) is 0 Å². The van der Waals surface area contributed by atoms with Gasteiger partial charge >= 0.3 is 0 Å². The fourth-order valence-electron chi connectivity index (χ4n) is 4.82. The molecular weight excluding hydrogens is 532 g/mol. The van der Waals surface area contributed by atoms with Crippen molar-refractivity contribution < 1.29 is 28.2 Å². The number of amides is 1. The molecule has 0 fully saturated rings. The molecule has 0 aliphatic carbocycles. The second kappa shape index (κ2) is 10.8. The molecule has 0 bridgehead atoms. The number of fused-ring (bicyclic) bond motifs is 2. The van der Waals surface area contributed by atoms with Gasteiger partial charge in [0.15, 0.2) is 17.3 Å². The third-order valence-corrected chi connectivity index (χ3v) is 6.95. The van der Waals surface area contributed by atoms with Gasteiger partial charge < -0.3 is 28.3 Å². The summed E-state index contributed by atoms with van der Waals surface area (Å²) in [5, 5.41) is 1.34. The Kier molecular flexibility index (Phi) is 6.92. The number of furan rings is 1. The summed E-state index contributed by atoms with van der Waals surface area (Å²) in [5.41, 5.74) is 3.79. The molecule has 202 valence electrons. The van der Waals surface area contributed by atoms with E-state index in [1.807, 2.05) is 60.7 Å². The van der Waals surface area contributed by atoms with Crippen LogP contribution in [0.3, 0.4) is 0 Å². The minimum absolute atomic E-state index is 0.172. The summed E-state index contributed by atoms with van der Waals surface area (Å²) in [6.45, 7) is 0.683. The molecule has 0 spiro atoms. The normalized spacial score (nSPS) is 12.0. The van der Waals surface area contributed by atoms with Crippen LogP contribution in [0.4, 0.5) is 0 Å². The Labute approximate surface area is 235 Å². The van der Waals surface area contributed by atoms with Crippen LogP contribution < -0.4 is 18.9 Å². The van der Waals surface area contributed by atoms with Crippen molar-refractivity contribution in [3.05, 3.63) is 101 Å². The van der Waals surface area contributed by atoms with E-state index in [0.29, 0.717) is 45.8 Å². The summed E-state index contributed by atoms with van der Waals surface area (Å²) < 4.78 is 27.8. The van der Waals surface area contributed by atoms with Crippen LogP contribution in [0.1, 0.15) is 21.7 Å². The minimum Gasteiger partial charge on any atom is -0.496 e. The number of methoxy groups -OCH3 is 2. The molecule has 2 aromatic heterocycles. The van der Waals surface area contributed by atoms with Crippen LogP contribution in [0.2, 0.25) is 5.02 Å². The molecule has 1 aliphatic rings. The summed E-state index contributed by atoms with van der Waals surface area (Å²) in [4.78, 5) is 20.5. The zero-order valence-electron chi connectivity index (χ0n) is 21.8. The molecule has 40 heavy (non-hydrogen) atoms. The maximum absolute atomic E-state index is 13.7. The Hall–Kier alpha value is -4.69. The first kappa shape index (κ1) is 25.6. The van der Waals surface area contributed by atoms with Gasteiger partial charge in [0.2, 0.25) is 6.79 Å². The molecule has 0 saturated carbocycles. The second-order valence-electron chi connectivity index (χ2n) is 9.20. The Bertz CT molecular complexity index is 1700. The highest BCUT2D eigenvalue weighted by atomic mass is 35.5. The molecule has 1 amide bonds. The SMILES string of the molecule is COc1ccc(OC)c2nc(-c3cccc(Cl)c3)c(CN(Cc3ccc4c(c3)OCO4)C(=O)c3ccco3)cc12. The van der Waals surface area contributed by atoms with Crippen LogP contribution in [0.25, 0.3) is 22.2 Å². The molecule has 6 rings (SSSR count). The van der Waals surface area contributed by atoms with E-state index in [1.165, 1.54) is 6.26 Å². The van der Waals surface area contributed by atoms with Gasteiger partial charge in [0.25, 0.3) is 5.91 Å². The smallest absolute Gasteiger partial charge is 0.290 e. The van der Waals surface area contributed by atoms with Crippen molar-refractivity contribution in [2.24, 2.45) is 0 Å². The van der Waals surface area contributed by atoms with E-state index in [1.54, 1.807) is 31.3 Å². The molecule has 8 nitrogen and oxygen atoms in total. The fraction of sp³-hybridized carbons (Fsp3) is 0.161. The van der Waals surface area contributed by atoms with Gasteiger partial charge in [0, 0.05) is 29.1 Å². The lowest BCUT2D eigenvalue weighted by Gasteiger charge is -2.24. The second-order valence-corrected chi connectivity index (χ2v) is 9.64. The number of carbonyl (C=O) groups is 1. The molecular formula is C31H25ClN2O6. The highest BCUT2D eigenvalue weighted by Crippen LogP contribution is 2.37. The van der Waals surface area contributed by atoms with Crippen LogP contribution in [0, 0.1) is 0 Å². The number of carbonyl (C=O) groups excluding carboxylic acids is 1. The first-order valence-electron chi connectivity index (χ1n) is 12.6. The molecule has 1 aliphatic heterocycles. The predicted molar refractivity (Wildman–Crippen MR) is 150 cm³/mol. The summed E-state index contributed by atoms with van der Waals surface area (Å²) in [6, 6.07) is 22.1. The summed E-state index contributed by atoms with van der Waals surface area (Å²) in [7, 11) is 3.21. The summed E-state index contributed by atoms with van der Waals surface area (Å²) >= 11 is 6.38. The number of benzene rings is 3. The average Bonchev–Trinajstić information content (AvgIpc) is 3.68. The molecule has 0 unspecified atom stereocenters. The van der Waals surface area contributed by atoms with Crippen LogP contribution in [0.5, 0.6) is 23.0 Å². The van der Waals surface area contributed by atoms with E-state index in [4.69, 9.17) is 39.9 Å². The summed E-state index contributed by atoms with van der Waals surface area (Å²) in [6.07, 6.45) is 1.48. The highest BCUT2D eigenvalue weighted by molar-refractivity contribution is 6.30. The maximum Gasteiger partial charge on any atom is 0.290 e. The Morgan fingerprint density at radius 2 is 1.75 bits per heavy atom. The monoisotopic (exact) mass is 556 g/mol. The molecule has 5 aromatic rings. The molecule has 3 heterocycles. The molecule has 0 atom stereocenters. The molecule has 9 heteroatoms. The van der Waals surface area contributed by atoms with E-state index in [0.717, 1.165) is 22.1 Å². The quantitative estimate of drug-likeness (QED) is 0.209. The maximum atomic E-state index is 13.7. The lowest BCUT2D eigenvalue weighted by atomic mass is 10.0. The Morgan fingerprint density at radius 3 is 2.52 bits per heavy atom. The predicted octanol–water partition coefficient (Wildman–Crippen LogP) is 6.74. The molecule has 0 saturated heterocycles. The van der Waals surface area contributed by atoms with E-state index >= 15 is 0 Å². The van der Waals surface area contributed by atoms with E-state index < -0.39 is 0 Å². The number of hydrogen-bond donors (Lipinski definition) is 0. The van der Waals surface area contributed by atoms with Crippen LogP contribution in [-0.4, -0.2) is 36.8 Å². The van der Waals surface area contributed by atoms with Crippen molar-refractivity contribution >= 4 is 28.4 Å². The van der Waals surface area contributed by atoms with Crippen molar-refractivity contribution in [2.45, 2.75) is 13.1 Å². The number of rotatable bonds is 8. The van der Waals surface area contributed by atoms with E-state index in [-0.39, 0.29) is 25.0 Å². The number of halogens is 1. The van der Waals surface area contributed by atoms with Crippen molar-refractivity contribution in [2.75, 3.05) is 21.0 Å². The van der Waals surface area contributed by atoms with Gasteiger partial charge in [-0.1, -0.05) is 29.8 Å². The standard InChI is InChI=1S/C31H25ClN2O6/c1-36-24-10-11-26(37-2)30-23(24)15-21(29(33-30)20-5-3-6-22(32)14-20)17-34(31(35)27-7-4-12-38-27)16-19-8-9-25-28(13-19)40-18-39-25/h3-15H,16-18H2,1-2H3. The average molecular weight is 557 g/mol. The summed E-state index contributed by atoms with van der Waals surface area (Å²) in [5.74, 6) is 2.54. The third-order valence-electron chi connectivity index (χ3n) is 6.72. The highest BCUT2D eigenvalue weighted by Gasteiger charge is 2.24. The van der Waals surface area contributed by atoms with E-state index in [2.05, 4.69) is 0 Å². The van der Waals surface area contributed by atoms with Crippen LogP contribution in [0.15, 0.2) is 83.5 Å². The fourth-order valence-corrected chi connectivity index (χ4v) is 5.01. The number of ether oxygens (including phenoxy) is 4. The number of aromatic nitrogens is 1. The molecule has 0 N–H and O–H groups in total. The van der Waals surface area contributed by atoms with Gasteiger partial charge in [0.1, 0.15) is 17.0 Å². The van der Waals surface area contributed by atoms with Crippen molar-refractivity contribution in [3.63, 3.8) is 0 Å². The van der Waals surface area contributed by atoms with Gasteiger partial charge in [-0.2, -0.15) is 0 Å². The number of nitrogens with zero attached hydrogens (tertiary/aromatic N) is 2. The Morgan fingerprint density at radius 1 is 0.925 bits per heavy atom. The third kappa shape index (κ3) is 4.89. The van der Waals surface area contributed by atoms with Gasteiger partial charge in [-0.15, -0.1) is 0 Å². The lowest BCUT2D eigenvalue weighted by molar-refractivity contribution is 0.0697. The molecule has 3 aromatic carbocycles. The zero-order chi connectivity index (χ0) is 27.6. The first-order valence-corrected chi connectivity index (χ1v) is 12.9. The number of pyridine rings is 1. The van der Waals surface area contributed by atoms with Crippen LogP contribution >= 0.6 is 11.6 Å². The largest absolute Gasteiger partial charge is 0.496 e. The Balaban J connectivity index is 1.49. The topological polar surface area (TPSA) is 83.3 Å². The van der Waals surface area contributed by atoms with Gasteiger partial charge in [-0.25, -0.2) is 4.98 Å². The lowest BCUT2D eigenvalue weighted by Crippen LogP contribution is -2.30. The minimum atomic E-state index is -0.266. The van der Waals surface area contributed by atoms with Gasteiger partial charge in [-0.3, -0.25) is 4.79 Å². The van der Waals surface area contributed by atoms with Crippen LogP contribution in [-0.2, 0) is 13.1 Å². The number of hydrogen-bond acceptors (Lipinski definition) is 7. The van der Waals surface area contributed by atoms with Gasteiger partial charge in [0.05, 0.1) is 26.2 Å². The zero-order valence-corrected chi connectivity index (χ0v) is 22.6. The van der Waals surface area contributed by atoms with Gasteiger partial charge in [-0.05, 0) is 65.7 Å². The van der Waals surface area contributed by atoms with E-state index in [9.17, 15) is 4.79 Å². The van der Waals surface area contributed by atoms with Crippen molar-refractivity contribution in [1.82, 2.24) is 9.88 Å². The van der Waals surface area contributed by atoms with Crippen molar-refractivity contribution in [3.8, 4) is 34.3 Å². The molecule has 0 radical (unpaired) electrons.